The number of carbonyl (C=O) groups excluding carboxylic acids is 2. The van der Waals surface area contributed by atoms with Gasteiger partial charge in [-0.2, -0.15) is 0 Å². The minimum atomic E-state index is -0.579. The predicted molar refractivity (Wildman–Crippen MR) is 142 cm³/mol. The van der Waals surface area contributed by atoms with Gasteiger partial charge in [0.2, 0.25) is 5.91 Å². The Hall–Kier alpha value is -2.54. The standard InChI is InChI=1S/C27H28Cl2N2O3S/c1-27(2,3)31(26(33)20-6-4-5-7-22(20)29)16-25(32)30-14-12-24-21(13-15-35-24)23(30)17-34-19-10-8-18(28)9-11-19/h4-11,13,15,23H,12,14,16-17H2,1-3H3/t23-/m0/s1. The Balaban J connectivity index is 1.57. The van der Waals surface area contributed by atoms with Crippen LogP contribution in [0.25, 0.3) is 0 Å². The SMILES string of the molecule is CC(C)(C)N(CC(=O)N1CCc2sccc2[C@@H]1COc1ccc(Cl)cc1)C(=O)c1ccccc1Cl. The van der Waals surface area contributed by atoms with Gasteiger partial charge in [0.25, 0.3) is 5.91 Å². The van der Waals surface area contributed by atoms with Crippen LogP contribution in [0.4, 0.5) is 0 Å². The van der Waals surface area contributed by atoms with Crippen LogP contribution in [0.2, 0.25) is 10.0 Å². The molecule has 2 aromatic carbocycles. The summed E-state index contributed by atoms with van der Waals surface area (Å²) in [6.45, 7) is 6.59. The Bertz CT molecular complexity index is 1200. The van der Waals surface area contributed by atoms with Crippen LogP contribution in [-0.2, 0) is 11.2 Å². The summed E-state index contributed by atoms with van der Waals surface area (Å²) >= 11 is 14.0. The van der Waals surface area contributed by atoms with Crippen molar-refractivity contribution in [3.63, 3.8) is 0 Å². The third kappa shape index (κ3) is 5.83. The van der Waals surface area contributed by atoms with Crippen LogP contribution in [0.1, 0.15) is 47.6 Å². The molecule has 0 fully saturated rings. The van der Waals surface area contributed by atoms with Crippen molar-refractivity contribution < 1.29 is 14.3 Å². The van der Waals surface area contributed by atoms with E-state index in [1.807, 2.05) is 37.8 Å². The zero-order valence-electron chi connectivity index (χ0n) is 20.0. The molecule has 0 bridgehead atoms. The van der Waals surface area contributed by atoms with E-state index >= 15 is 0 Å². The number of benzene rings is 2. The molecule has 1 aliphatic heterocycles. The van der Waals surface area contributed by atoms with Gasteiger partial charge in [0.05, 0.1) is 16.6 Å². The molecule has 0 aliphatic carbocycles. The third-order valence-corrected chi connectivity index (χ3v) is 7.67. The normalized spacial score (nSPS) is 15.5. The number of thiophene rings is 1. The van der Waals surface area contributed by atoms with E-state index in [2.05, 4.69) is 11.4 Å². The van der Waals surface area contributed by atoms with E-state index in [1.165, 1.54) is 4.88 Å². The van der Waals surface area contributed by atoms with Gasteiger partial charge in [-0.05, 0) is 80.6 Å². The van der Waals surface area contributed by atoms with Crippen molar-refractivity contribution in [3.8, 4) is 5.75 Å². The summed E-state index contributed by atoms with van der Waals surface area (Å²) in [5, 5.41) is 3.06. The van der Waals surface area contributed by atoms with Crippen LogP contribution in [0, 0.1) is 0 Å². The highest BCUT2D eigenvalue weighted by Gasteiger charge is 2.36. The molecule has 1 atom stereocenters. The van der Waals surface area contributed by atoms with Crippen molar-refractivity contribution in [2.24, 2.45) is 0 Å². The number of hydrogen-bond donors (Lipinski definition) is 0. The van der Waals surface area contributed by atoms with Crippen molar-refractivity contribution in [2.75, 3.05) is 19.7 Å². The Morgan fingerprint density at radius 1 is 1.09 bits per heavy atom. The van der Waals surface area contributed by atoms with Crippen LogP contribution in [0.3, 0.4) is 0 Å². The van der Waals surface area contributed by atoms with E-state index in [9.17, 15) is 9.59 Å². The first-order valence-electron chi connectivity index (χ1n) is 11.5. The fourth-order valence-corrected chi connectivity index (χ4v) is 5.47. The quantitative estimate of drug-likeness (QED) is 0.365. The summed E-state index contributed by atoms with van der Waals surface area (Å²) in [5.41, 5.74) is 0.909. The Morgan fingerprint density at radius 3 is 2.49 bits per heavy atom. The number of carbonyl (C=O) groups is 2. The lowest BCUT2D eigenvalue weighted by atomic mass is 9.99. The van der Waals surface area contributed by atoms with Crippen LogP contribution in [0.5, 0.6) is 5.75 Å². The topological polar surface area (TPSA) is 49.9 Å². The lowest BCUT2D eigenvalue weighted by Crippen LogP contribution is -2.53. The van der Waals surface area contributed by atoms with Gasteiger partial charge < -0.3 is 14.5 Å². The zero-order chi connectivity index (χ0) is 25.2. The summed E-state index contributed by atoms with van der Waals surface area (Å²) in [6.07, 6.45) is 0.782. The highest BCUT2D eigenvalue weighted by Crippen LogP contribution is 2.34. The maximum absolute atomic E-state index is 13.7. The number of ether oxygens (including phenoxy) is 1. The minimum Gasteiger partial charge on any atom is -0.491 e. The number of rotatable bonds is 6. The molecule has 5 nitrogen and oxygen atoms in total. The van der Waals surface area contributed by atoms with E-state index in [0.717, 1.165) is 12.0 Å². The molecule has 1 aliphatic rings. The van der Waals surface area contributed by atoms with Crippen molar-refractivity contribution in [2.45, 2.75) is 38.8 Å². The molecule has 0 unspecified atom stereocenters. The summed E-state index contributed by atoms with van der Waals surface area (Å²) in [4.78, 5) is 31.8. The van der Waals surface area contributed by atoms with Gasteiger partial charge in [0, 0.05) is 22.0 Å². The van der Waals surface area contributed by atoms with Gasteiger partial charge in [-0.15, -0.1) is 11.3 Å². The number of nitrogens with zero attached hydrogens (tertiary/aromatic N) is 2. The summed E-state index contributed by atoms with van der Waals surface area (Å²) in [6, 6.07) is 15.9. The van der Waals surface area contributed by atoms with Crippen LogP contribution < -0.4 is 4.74 Å². The smallest absolute Gasteiger partial charge is 0.256 e. The molecule has 0 saturated heterocycles. The van der Waals surface area contributed by atoms with Gasteiger partial charge in [-0.3, -0.25) is 9.59 Å². The molecule has 0 N–H and O–H groups in total. The van der Waals surface area contributed by atoms with E-state index in [0.29, 0.717) is 34.5 Å². The average molecular weight is 532 g/mol. The first-order chi connectivity index (χ1) is 16.6. The maximum Gasteiger partial charge on any atom is 0.256 e. The molecule has 8 heteroatoms. The van der Waals surface area contributed by atoms with Crippen molar-refractivity contribution in [1.29, 1.82) is 0 Å². The summed E-state index contributed by atoms with van der Waals surface area (Å²) < 4.78 is 6.07. The molecule has 3 aromatic rings. The molecule has 4 rings (SSSR count). The monoisotopic (exact) mass is 530 g/mol. The fraction of sp³-hybridized carbons (Fsp3) is 0.333. The maximum atomic E-state index is 13.7. The van der Waals surface area contributed by atoms with Crippen LogP contribution in [0.15, 0.2) is 60.0 Å². The van der Waals surface area contributed by atoms with Gasteiger partial charge in [-0.25, -0.2) is 0 Å². The molecule has 1 aromatic heterocycles. The van der Waals surface area contributed by atoms with E-state index in [1.54, 1.807) is 52.6 Å². The number of hydrogen-bond acceptors (Lipinski definition) is 4. The number of halogens is 2. The molecular formula is C27H28Cl2N2O3S. The van der Waals surface area contributed by atoms with Gasteiger partial charge in [-0.1, -0.05) is 35.3 Å². The van der Waals surface area contributed by atoms with Crippen molar-refractivity contribution >= 4 is 46.4 Å². The fourth-order valence-electron chi connectivity index (χ4n) is 4.20. The van der Waals surface area contributed by atoms with Gasteiger partial charge in [0.1, 0.15) is 18.9 Å². The molecule has 184 valence electrons. The van der Waals surface area contributed by atoms with E-state index in [4.69, 9.17) is 27.9 Å². The Kier molecular flexibility index (Phi) is 7.74. The third-order valence-electron chi connectivity index (χ3n) is 6.09. The lowest BCUT2D eigenvalue weighted by Gasteiger charge is -2.40. The van der Waals surface area contributed by atoms with E-state index < -0.39 is 5.54 Å². The molecule has 2 heterocycles. The van der Waals surface area contributed by atoms with Crippen molar-refractivity contribution in [1.82, 2.24) is 9.80 Å². The predicted octanol–water partition coefficient (Wildman–Crippen LogP) is 6.50. The zero-order valence-corrected chi connectivity index (χ0v) is 22.3. The first kappa shape index (κ1) is 25.5. The Labute approximate surface area is 220 Å². The van der Waals surface area contributed by atoms with E-state index in [-0.39, 0.29) is 24.4 Å². The van der Waals surface area contributed by atoms with Crippen molar-refractivity contribution in [3.05, 3.63) is 86.0 Å². The lowest BCUT2D eigenvalue weighted by molar-refractivity contribution is -0.136. The molecule has 0 spiro atoms. The highest BCUT2D eigenvalue weighted by atomic mass is 35.5. The Morgan fingerprint density at radius 2 is 1.80 bits per heavy atom. The molecule has 0 saturated carbocycles. The summed E-state index contributed by atoms with van der Waals surface area (Å²) in [7, 11) is 0. The average Bonchev–Trinajstić information content (AvgIpc) is 3.30. The van der Waals surface area contributed by atoms with Gasteiger partial charge >= 0.3 is 0 Å². The second kappa shape index (κ2) is 10.6. The molecule has 35 heavy (non-hydrogen) atoms. The molecule has 0 radical (unpaired) electrons. The molecular weight excluding hydrogens is 503 g/mol. The van der Waals surface area contributed by atoms with Crippen LogP contribution in [-0.4, -0.2) is 46.8 Å². The minimum absolute atomic E-state index is 0.0511. The highest BCUT2D eigenvalue weighted by molar-refractivity contribution is 7.10. The largest absolute Gasteiger partial charge is 0.491 e. The molecule has 2 amide bonds. The van der Waals surface area contributed by atoms with Crippen LogP contribution >= 0.6 is 34.5 Å². The second-order valence-corrected chi connectivity index (χ2v) is 11.3. The second-order valence-electron chi connectivity index (χ2n) is 9.46. The summed E-state index contributed by atoms with van der Waals surface area (Å²) in [5.74, 6) is 0.301. The number of fused-ring (bicyclic) bond motifs is 1. The first-order valence-corrected chi connectivity index (χ1v) is 13.1. The van der Waals surface area contributed by atoms with Gasteiger partial charge in [0.15, 0.2) is 0 Å². The number of amides is 2.